The SMILES string of the molecule is O=C(CCc1ccc(Br)cc1)NCC(O)c1cccnc1. The van der Waals surface area contributed by atoms with Gasteiger partial charge in [-0.15, -0.1) is 0 Å². The largest absolute Gasteiger partial charge is 0.387 e. The number of aliphatic hydroxyl groups is 1. The number of amides is 1. The first kappa shape index (κ1) is 15.7. The summed E-state index contributed by atoms with van der Waals surface area (Å²) in [5, 5.41) is 12.7. The number of hydrogen-bond acceptors (Lipinski definition) is 3. The number of carbonyl (C=O) groups is 1. The molecule has 110 valence electrons. The van der Waals surface area contributed by atoms with Crippen LogP contribution in [0.2, 0.25) is 0 Å². The smallest absolute Gasteiger partial charge is 0.220 e. The van der Waals surface area contributed by atoms with Crippen LogP contribution in [-0.2, 0) is 11.2 Å². The third kappa shape index (κ3) is 5.28. The molecule has 2 aromatic rings. The van der Waals surface area contributed by atoms with E-state index in [2.05, 4.69) is 26.2 Å². The minimum Gasteiger partial charge on any atom is -0.387 e. The maximum atomic E-state index is 11.8. The van der Waals surface area contributed by atoms with Crippen molar-refractivity contribution in [3.63, 3.8) is 0 Å². The Hall–Kier alpha value is -1.72. The highest BCUT2D eigenvalue weighted by atomic mass is 79.9. The Labute approximate surface area is 132 Å². The van der Waals surface area contributed by atoms with Gasteiger partial charge in [-0.25, -0.2) is 0 Å². The summed E-state index contributed by atoms with van der Waals surface area (Å²) < 4.78 is 1.02. The second kappa shape index (κ2) is 7.90. The molecule has 0 bridgehead atoms. The molecule has 2 rings (SSSR count). The number of pyridine rings is 1. The number of aliphatic hydroxyl groups excluding tert-OH is 1. The molecule has 0 aliphatic carbocycles. The molecule has 1 amide bonds. The molecular formula is C16H17BrN2O2. The summed E-state index contributed by atoms with van der Waals surface area (Å²) in [7, 11) is 0. The Bertz CT molecular complexity index is 573. The molecule has 0 saturated heterocycles. The number of nitrogens with zero attached hydrogens (tertiary/aromatic N) is 1. The van der Waals surface area contributed by atoms with Crippen LogP contribution >= 0.6 is 15.9 Å². The van der Waals surface area contributed by atoms with Crippen molar-refractivity contribution in [3.05, 3.63) is 64.4 Å². The fraction of sp³-hybridized carbons (Fsp3) is 0.250. The molecule has 0 saturated carbocycles. The van der Waals surface area contributed by atoms with Crippen LogP contribution in [0.15, 0.2) is 53.3 Å². The minimum atomic E-state index is -0.727. The van der Waals surface area contributed by atoms with Crippen molar-refractivity contribution in [2.75, 3.05) is 6.54 Å². The van der Waals surface area contributed by atoms with E-state index in [1.807, 2.05) is 24.3 Å². The zero-order valence-corrected chi connectivity index (χ0v) is 13.1. The average Bonchev–Trinajstić information content (AvgIpc) is 2.53. The number of aryl methyl sites for hydroxylation is 1. The van der Waals surface area contributed by atoms with Gasteiger partial charge in [0.25, 0.3) is 0 Å². The van der Waals surface area contributed by atoms with Crippen molar-refractivity contribution < 1.29 is 9.90 Å². The van der Waals surface area contributed by atoms with Crippen molar-refractivity contribution in [1.82, 2.24) is 10.3 Å². The standard InChI is InChI=1S/C16H17BrN2O2/c17-14-6-3-12(4-7-14)5-8-16(21)19-11-15(20)13-2-1-9-18-10-13/h1-4,6-7,9-10,15,20H,5,8,11H2,(H,19,21). The number of halogens is 1. The lowest BCUT2D eigenvalue weighted by molar-refractivity contribution is -0.121. The van der Waals surface area contributed by atoms with Crippen molar-refractivity contribution in [2.45, 2.75) is 18.9 Å². The first-order chi connectivity index (χ1) is 10.1. The van der Waals surface area contributed by atoms with Gasteiger partial charge in [0, 0.05) is 35.4 Å². The fourth-order valence-corrected chi connectivity index (χ4v) is 2.16. The van der Waals surface area contributed by atoms with E-state index in [1.165, 1.54) is 0 Å². The van der Waals surface area contributed by atoms with Crippen molar-refractivity contribution >= 4 is 21.8 Å². The second-order valence-corrected chi connectivity index (χ2v) is 5.65. The Balaban J connectivity index is 1.73. The van der Waals surface area contributed by atoms with Gasteiger partial charge in [0.15, 0.2) is 0 Å². The van der Waals surface area contributed by atoms with Crippen molar-refractivity contribution in [1.29, 1.82) is 0 Å². The molecule has 4 nitrogen and oxygen atoms in total. The summed E-state index contributed by atoms with van der Waals surface area (Å²) in [6.45, 7) is 0.199. The number of nitrogens with one attached hydrogen (secondary N) is 1. The first-order valence-electron chi connectivity index (χ1n) is 6.74. The maximum Gasteiger partial charge on any atom is 0.220 e. The fourth-order valence-electron chi connectivity index (χ4n) is 1.90. The first-order valence-corrected chi connectivity index (χ1v) is 7.53. The summed E-state index contributed by atoms with van der Waals surface area (Å²) in [4.78, 5) is 15.7. The molecule has 0 aliphatic heterocycles. The van der Waals surface area contributed by atoms with Crippen LogP contribution in [0, 0.1) is 0 Å². The third-order valence-electron chi connectivity index (χ3n) is 3.12. The highest BCUT2D eigenvalue weighted by Crippen LogP contribution is 2.12. The van der Waals surface area contributed by atoms with Crippen LogP contribution in [-0.4, -0.2) is 22.5 Å². The minimum absolute atomic E-state index is 0.0686. The summed E-state index contributed by atoms with van der Waals surface area (Å²) >= 11 is 3.38. The molecule has 0 aliphatic rings. The molecule has 1 atom stereocenters. The molecule has 1 aromatic heterocycles. The predicted molar refractivity (Wildman–Crippen MR) is 84.7 cm³/mol. The van der Waals surface area contributed by atoms with Gasteiger partial charge in [-0.3, -0.25) is 9.78 Å². The van der Waals surface area contributed by atoms with Gasteiger partial charge in [0.1, 0.15) is 0 Å². The molecule has 1 unspecified atom stereocenters. The highest BCUT2D eigenvalue weighted by molar-refractivity contribution is 9.10. The zero-order chi connectivity index (χ0) is 15.1. The van der Waals surface area contributed by atoms with Crippen LogP contribution < -0.4 is 5.32 Å². The van der Waals surface area contributed by atoms with Gasteiger partial charge in [-0.1, -0.05) is 34.1 Å². The average molecular weight is 349 g/mol. The molecule has 1 aromatic carbocycles. The van der Waals surface area contributed by atoms with E-state index < -0.39 is 6.10 Å². The number of carbonyl (C=O) groups excluding carboxylic acids is 1. The molecule has 5 heteroatoms. The lowest BCUT2D eigenvalue weighted by atomic mass is 10.1. The van der Waals surface area contributed by atoms with E-state index >= 15 is 0 Å². The van der Waals surface area contributed by atoms with E-state index in [9.17, 15) is 9.90 Å². The second-order valence-electron chi connectivity index (χ2n) is 4.73. The van der Waals surface area contributed by atoms with E-state index in [-0.39, 0.29) is 12.5 Å². The van der Waals surface area contributed by atoms with Gasteiger partial charge in [-0.05, 0) is 30.2 Å². The van der Waals surface area contributed by atoms with Crippen LogP contribution in [0.5, 0.6) is 0 Å². The Morgan fingerprint density at radius 2 is 2.05 bits per heavy atom. The van der Waals surface area contributed by atoms with Crippen molar-refractivity contribution in [3.8, 4) is 0 Å². The zero-order valence-electron chi connectivity index (χ0n) is 11.5. The quantitative estimate of drug-likeness (QED) is 0.843. The molecule has 0 fully saturated rings. The summed E-state index contributed by atoms with van der Waals surface area (Å²) in [5.41, 5.74) is 1.81. The molecule has 21 heavy (non-hydrogen) atoms. The third-order valence-corrected chi connectivity index (χ3v) is 3.64. The number of benzene rings is 1. The van der Waals surface area contributed by atoms with Gasteiger partial charge < -0.3 is 10.4 Å². The van der Waals surface area contributed by atoms with E-state index in [4.69, 9.17) is 0 Å². The lowest BCUT2D eigenvalue weighted by Gasteiger charge is -2.11. The van der Waals surface area contributed by atoms with Crippen molar-refractivity contribution in [2.24, 2.45) is 0 Å². The van der Waals surface area contributed by atoms with Gasteiger partial charge in [0.05, 0.1) is 6.10 Å². The summed E-state index contributed by atoms with van der Waals surface area (Å²) in [6.07, 6.45) is 3.60. The molecule has 2 N–H and O–H groups in total. The topological polar surface area (TPSA) is 62.2 Å². The predicted octanol–water partition coefficient (Wildman–Crippen LogP) is 2.63. The molecule has 0 radical (unpaired) electrons. The van der Waals surface area contributed by atoms with Gasteiger partial charge >= 0.3 is 0 Å². The van der Waals surface area contributed by atoms with Crippen LogP contribution in [0.3, 0.4) is 0 Å². The Kier molecular flexibility index (Phi) is 5.90. The maximum absolute atomic E-state index is 11.8. The van der Waals surface area contributed by atoms with Crippen LogP contribution in [0.25, 0.3) is 0 Å². The lowest BCUT2D eigenvalue weighted by Crippen LogP contribution is -2.28. The molecule has 1 heterocycles. The summed E-state index contributed by atoms with van der Waals surface area (Å²) in [5.74, 6) is -0.0686. The van der Waals surface area contributed by atoms with Gasteiger partial charge in [0.2, 0.25) is 5.91 Å². The highest BCUT2D eigenvalue weighted by Gasteiger charge is 2.09. The van der Waals surface area contributed by atoms with Crippen LogP contribution in [0.4, 0.5) is 0 Å². The van der Waals surface area contributed by atoms with Crippen LogP contribution in [0.1, 0.15) is 23.7 Å². The molecule has 0 spiro atoms. The summed E-state index contributed by atoms with van der Waals surface area (Å²) in [6, 6.07) is 11.4. The Morgan fingerprint density at radius 1 is 1.29 bits per heavy atom. The van der Waals surface area contributed by atoms with E-state index in [1.54, 1.807) is 24.5 Å². The van der Waals surface area contributed by atoms with E-state index in [0.717, 1.165) is 10.0 Å². The van der Waals surface area contributed by atoms with E-state index in [0.29, 0.717) is 18.4 Å². The monoisotopic (exact) mass is 348 g/mol. The van der Waals surface area contributed by atoms with Gasteiger partial charge in [-0.2, -0.15) is 0 Å². The normalized spacial score (nSPS) is 11.9. The number of aromatic nitrogens is 1. The number of hydrogen-bond donors (Lipinski definition) is 2. The molecular weight excluding hydrogens is 332 g/mol. The Morgan fingerprint density at radius 3 is 2.71 bits per heavy atom. The number of rotatable bonds is 6.